The minimum absolute atomic E-state index is 0.851. The highest BCUT2D eigenvalue weighted by atomic mass is 35.5. The van der Waals surface area contributed by atoms with Crippen LogP contribution in [0.25, 0.3) is 0 Å². The van der Waals surface area contributed by atoms with Crippen LogP contribution in [-0.4, -0.2) is 24.1 Å². The highest BCUT2D eigenvalue weighted by molar-refractivity contribution is 7.99. The van der Waals surface area contributed by atoms with E-state index in [0.29, 0.717) is 0 Å². The summed E-state index contributed by atoms with van der Waals surface area (Å²) in [5.41, 5.74) is 1.36. The lowest BCUT2D eigenvalue weighted by molar-refractivity contribution is 0.531. The molecule has 88 valence electrons. The van der Waals surface area contributed by atoms with Gasteiger partial charge in [-0.15, -0.1) is 0 Å². The van der Waals surface area contributed by atoms with Crippen molar-refractivity contribution >= 4 is 23.4 Å². The Bertz CT molecular complexity index is 323. The standard InChI is InChI=1S/C13H18ClNS/c14-12-3-1-2-11(10-12)6-9-16-13-4-7-15-8-5-13/h1-3,10,13,15H,4-9H2. The molecular formula is C13H18ClNS. The van der Waals surface area contributed by atoms with Gasteiger partial charge in [-0.05, 0) is 55.8 Å². The van der Waals surface area contributed by atoms with Crippen LogP contribution in [0, 0.1) is 0 Å². The average Bonchev–Trinajstić information content (AvgIpc) is 2.30. The van der Waals surface area contributed by atoms with Crippen LogP contribution < -0.4 is 5.32 Å². The molecule has 0 spiro atoms. The second kappa shape index (κ2) is 6.53. The Morgan fingerprint density at radius 2 is 2.12 bits per heavy atom. The number of aryl methyl sites for hydroxylation is 1. The fourth-order valence-corrected chi connectivity index (χ4v) is 3.47. The van der Waals surface area contributed by atoms with Gasteiger partial charge in [0.05, 0.1) is 0 Å². The SMILES string of the molecule is Clc1cccc(CCSC2CCNCC2)c1. The van der Waals surface area contributed by atoms with Crippen LogP contribution in [0.15, 0.2) is 24.3 Å². The molecule has 1 aromatic rings. The van der Waals surface area contributed by atoms with Crippen LogP contribution >= 0.6 is 23.4 Å². The minimum atomic E-state index is 0.851. The van der Waals surface area contributed by atoms with Crippen LogP contribution in [0.3, 0.4) is 0 Å². The number of benzene rings is 1. The molecule has 0 unspecified atom stereocenters. The van der Waals surface area contributed by atoms with E-state index in [9.17, 15) is 0 Å². The summed E-state index contributed by atoms with van der Waals surface area (Å²) in [7, 11) is 0. The van der Waals surface area contributed by atoms with Gasteiger partial charge in [0.2, 0.25) is 0 Å². The maximum absolute atomic E-state index is 5.96. The maximum atomic E-state index is 5.96. The maximum Gasteiger partial charge on any atom is 0.0408 e. The summed E-state index contributed by atoms with van der Waals surface area (Å²) in [6.45, 7) is 2.38. The quantitative estimate of drug-likeness (QED) is 0.886. The minimum Gasteiger partial charge on any atom is -0.317 e. The Morgan fingerprint density at radius 1 is 1.31 bits per heavy atom. The van der Waals surface area contributed by atoms with E-state index in [1.165, 1.54) is 37.2 Å². The lowest BCUT2D eigenvalue weighted by atomic mass is 10.2. The van der Waals surface area contributed by atoms with E-state index in [1.807, 2.05) is 12.1 Å². The molecule has 1 saturated heterocycles. The molecule has 0 bridgehead atoms. The summed E-state index contributed by atoms with van der Waals surface area (Å²) in [5, 5.41) is 5.11. The predicted molar refractivity (Wildman–Crippen MR) is 73.5 cm³/mol. The summed E-state index contributed by atoms with van der Waals surface area (Å²) in [6.07, 6.45) is 3.77. The van der Waals surface area contributed by atoms with E-state index < -0.39 is 0 Å². The van der Waals surface area contributed by atoms with Crippen molar-refractivity contribution < 1.29 is 0 Å². The average molecular weight is 256 g/mol. The third kappa shape index (κ3) is 4.00. The summed E-state index contributed by atoms with van der Waals surface area (Å²) >= 11 is 8.07. The molecule has 0 saturated carbocycles. The molecule has 1 aliphatic rings. The molecule has 3 heteroatoms. The van der Waals surface area contributed by atoms with Crippen molar-refractivity contribution in [2.24, 2.45) is 0 Å². The first-order valence-electron chi connectivity index (χ1n) is 5.91. The van der Waals surface area contributed by atoms with Crippen molar-refractivity contribution in [3.63, 3.8) is 0 Å². The first-order valence-corrected chi connectivity index (χ1v) is 7.34. The number of hydrogen-bond donors (Lipinski definition) is 1. The molecule has 1 aliphatic heterocycles. The van der Waals surface area contributed by atoms with Crippen LogP contribution in [0.5, 0.6) is 0 Å². The highest BCUT2D eigenvalue weighted by Gasteiger charge is 2.12. The third-order valence-electron chi connectivity index (χ3n) is 2.92. The second-order valence-corrected chi connectivity index (χ2v) is 6.04. The second-order valence-electron chi connectivity index (χ2n) is 4.20. The van der Waals surface area contributed by atoms with Gasteiger partial charge in [0, 0.05) is 10.3 Å². The smallest absolute Gasteiger partial charge is 0.0408 e. The first kappa shape index (κ1) is 12.3. The number of halogens is 1. The zero-order valence-corrected chi connectivity index (χ0v) is 11.0. The van der Waals surface area contributed by atoms with E-state index in [1.54, 1.807) is 0 Å². The third-order valence-corrected chi connectivity index (χ3v) is 4.54. The van der Waals surface area contributed by atoms with Gasteiger partial charge < -0.3 is 5.32 Å². The van der Waals surface area contributed by atoms with Gasteiger partial charge in [0.25, 0.3) is 0 Å². The van der Waals surface area contributed by atoms with E-state index in [-0.39, 0.29) is 0 Å². The zero-order chi connectivity index (χ0) is 11.2. The Hall–Kier alpha value is -0.180. The summed E-state index contributed by atoms with van der Waals surface area (Å²) in [6, 6.07) is 8.21. The van der Waals surface area contributed by atoms with Crippen LogP contribution in [0.1, 0.15) is 18.4 Å². The summed E-state index contributed by atoms with van der Waals surface area (Å²) < 4.78 is 0. The molecule has 2 rings (SSSR count). The molecule has 1 heterocycles. The van der Waals surface area contributed by atoms with Gasteiger partial charge in [0.1, 0.15) is 0 Å². The predicted octanol–water partition coefficient (Wildman–Crippen LogP) is 3.37. The van der Waals surface area contributed by atoms with Gasteiger partial charge in [-0.2, -0.15) is 11.8 Å². The van der Waals surface area contributed by atoms with Gasteiger partial charge in [-0.3, -0.25) is 0 Å². The molecule has 0 aromatic heterocycles. The molecule has 1 aromatic carbocycles. The van der Waals surface area contributed by atoms with E-state index >= 15 is 0 Å². The first-order chi connectivity index (χ1) is 7.84. The van der Waals surface area contributed by atoms with E-state index in [2.05, 4.69) is 29.2 Å². The lowest BCUT2D eigenvalue weighted by Gasteiger charge is -2.21. The van der Waals surface area contributed by atoms with Crippen molar-refractivity contribution in [2.75, 3.05) is 18.8 Å². The van der Waals surface area contributed by atoms with Crippen LogP contribution in [0.4, 0.5) is 0 Å². The fraction of sp³-hybridized carbons (Fsp3) is 0.538. The van der Waals surface area contributed by atoms with E-state index in [0.717, 1.165) is 16.7 Å². The Morgan fingerprint density at radius 3 is 2.88 bits per heavy atom. The van der Waals surface area contributed by atoms with Gasteiger partial charge >= 0.3 is 0 Å². The number of piperidine rings is 1. The molecule has 1 nitrogen and oxygen atoms in total. The zero-order valence-electron chi connectivity index (χ0n) is 9.42. The number of nitrogens with one attached hydrogen (secondary N) is 1. The van der Waals surface area contributed by atoms with Crippen LogP contribution in [0.2, 0.25) is 5.02 Å². The molecule has 0 aliphatic carbocycles. The molecule has 0 atom stereocenters. The number of thioether (sulfide) groups is 1. The Labute approximate surface area is 107 Å². The van der Waals surface area contributed by atoms with Crippen molar-refractivity contribution in [2.45, 2.75) is 24.5 Å². The normalized spacial score (nSPS) is 17.6. The van der Waals surface area contributed by atoms with Gasteiger partial charge in [0.15, 0.2) is 0 Å². The lowest BCUT2D eigenvalue weighted by Crippen LogP contribution is -2.29. The molecule has 0 radical (unpaired) electrons. The molecule has 1 N–H and O–H groups in total. The summed E-state index contributed by atoms with van der Waals surface area (Å²) in [5.74, 6) is 1.21. The number of hydrogen-bond acceptors (Lipinski definition) is 2. The Balaban J connectivity index is 1.71. The molecule has 1 fully saturated rings. The molecule has 16 heavy (non-hydrogen) atoms. The highest BCUT2D eigenvalue weighted by Crippen LogP contribution is 2.21. The van der Waals surface area contributed by atoms with Gasteiger partial charge in [-0.25, -0.2) is 0 Å². The van der Waals surface area contributed by atoms with E-state index in [4.69, 9.17) is 11.6 Å². The fourth-order valence-electron chi connectivity index (χ4n) is 2.00. The van der Waals surface area contributed by atoms with Gasteiger partial charge in [-0.1, -0.05) is 23.7 Å². The Kier molecular flexibility index (Phi) is 5.01. The number of rotatable bonds is 4. The van der Waals surface area contributed by atoms with Crippen molar-refractivity contribution in [3.8, 4) is 0 Å². The molecular weight excluding hydrogens is 238 g/mol. The molecule has 0 amide bonds. The van der Waals surface area contributed by atoms with Crippen molar-refractivity contribution in [1.82, 2.24) is 5.32 Å². The topological polar surface area (TPSA) is 12.0 Å². The van der Waals surface area contributed by atoms with Crippen molar-refractivity contribution in [1.29, 1.82) is 0 Å². The monoisotopic (exact) mass is 255 g/mol. The largest absolute Gasteiger partial charge is 0.317 e. The van der Waals surface area contributed by atoms with Crippen molar-refractivity contribution in [3.05, 3.63) is 34.9 Å². The van der Waals surface area contributed by atoms with Crippen LogP contribution in [-0.2, 0) is 6.42 Å². The summed E-state index contributed by atoms with van der Waals surface area (Å²) in [4.78, 5) is 0.